The Morgan fingerprint density at radius 2 is 1.79 bits per heavy atom. The van der Waals surface area contributed by atoms with Gasteiger partial charge in [-0.3, -0.25) is 4.99 Å². The summed E-state index contributed by atoms with van der Waals surface area (Å²) in [5, 5.41) is 3.29. The largest absolute Gasteiger partial charge is 0.357 e. The van der Waals surface area contributed by atoms with Crippen LogP contribution in [0.4, 0.5) is 0 Å². The van der Waals surface area contributed by atoms with Crippen LogP contribution >= 0.6 is 0 Å². The Bertz CT molecular complexity index is 898. The van der Waals surface area contributed by atoms with Crippen molar-refractivity contribution in [3.8, 4) is 0 Å². The third-order valence-corrected chi connectivity index (χ3v) is 6.03. The zero-order chi connectivity index (χ0) is 19.8. The average Bonchev–Trinajstić information content (AvgIpc) is 2.72. The minimum absolute atomic E-state index is 0.0286. The van der Waals surface area contributed by atoms with Crippen molar-refractivity contribution in [2.75, 3.05) is 25.4 Å². The van der Waals surface area contributed by atoms with Crippen molar-refractivity contribution in [1.82, 2.24) is 14.9 Å². The van der Waals surface area contributed by atoms with Crippen molar-refractivity contribution in [2.24, 2.45) is 4.99 Å². The Balaban J connectivity index is 1.57. The SMILES string of the molecule is CCNC(=NCCS(=O)(=O)NCc1ccccc1)N1CCc2ccccc2C1. The predicted molar refractivity (Wildman–Crippen MR) is 114 cm³/mol. The number of sulfonamides is 1. The zero-order valence-electron chi connectivity index (χ0n) is 16.3. The third-order valence-electron chi connectivity index (χ3n) is 4.73. The summed E-state index contributed by atoms with van der Waals surface area (Å²) in [5.41, 5.74) is 3.62. The van der Waals surface area contributed by atoms with Crippen LogP contribution in [-0.2, 0) is 29.5 Å². The molecular weight excluding hydrogens is 372 g/mol. The number of hydrogen-bond donors (Lipinski definition) is 2. The molecule has 6 nitrogen and oxygen atoms in total. The first-order chi connectivity index (χ1) is 13.6. The molecule has 0 saturated heterocycles. The van der Waals surface area contributed by atoms with E-state index in [9.17, 15) is 8.42 Å². The van der Waals surface area contributed by atoms with Crippen LogP contribution in [0.1, 0.15) is 23.6 Å². The van der Waals surface area contributed by atoms with E-state index in [4.69, 9.17) is 0 Å². The summed E-state index contributed by atoms with van der Waals surface area (Å²) in [4.78, 5) is 6.75. The molecule has 0 bridgehead atoms. The van der Waals surface area contributed by atoms with E-state index in [1.54, 1.807) is 0 Å². The lowest BCUT2D eigenvalue weighted by Gasteiger charge is -2.31. The van der Waals surface area contributed by atoms with Gasteiger partial charge in [0.05, 0.1) is 12.3 Å². The molecule has 0 atom stereocenters. The summed E-state index contributed by atoms with van der Waals surface area (Å²) >= 11 is 0. The molecule has 0 fully saturated rings. The highest BCUT2D eigenvalue weighted by Gasteiger charge is 2.19. The van der Waals surface area contributed by atoms with Crippen LogP contribution in [0.2, 0.25) is 0 Å². The fraction of sp³-hybridized carbons (Fsp3) is 0.381. The molecule has 7 heteroatoms. The Kier molecular flexibility index (Phi) is 7.06. The van der Waals surface area contributed by atoms with Crippen LogP contribution < -0.4 is 10.0 Å². The zero-order valence-corrected chi connectivity index (χ0v) is 17.1. The number of aliphatic imine (C=N–C) groups is 1. The van der Waals surface area contributed by atoms with E-state index in [1.807, 2.05) is 37.3 Å². The average molecular weight is 401 g/mol. The summed E-state index contributed by atoms with van der Waals surface area (Å²) in [5.74, 6) is 0.745. The fourth-order valence-corrected chi connectivity index (χ4v) is 4.10. The van der Waals surface area contributed by atoms with Crippen LogP contribution in [0, 0.1) is 0 Å². The van der Waals surface area contributed by atoms with E-state index >= 15 is 0 Å². The van der Waals surface area contributed by atoms with E-state index in [2.05, 4.69) is 44.2 Å². The van der Waals surface area contributed by atoms with Gasteiger partial charge in [-0.15, -0.1) is 0 Å². The molecule has 2 aromatic carbocycles. The van der Waals surface area contributed by atoms with E-state index < -0.39 is 10.0 Å². The molecule has 0 aliphatic carbocycles. The Morgan fingerprint density at radius 1 is 1.07 bits per heavy atom. The second-order valence-electron chi connectivity index (χ2n) is 6.80. The molecule has 2 N–H and O–H groups in total. The van der Waals surface area contributed by atoms with Crippen molar-refractivity contribution in [1.29, 1.82) is 0 Å². The van der Waals surface area contributed by atoms with Gasteiger partial charge >= 0.3 is 0 Å². The lowest BCUT2D eigenvalue weighted by molar-refractivity contribution is 0.379. The van der Waals surface area contributed by atoms with Crippen molar-refractivity contribution >= 4 is 16.0 Å². The smallest absolute Gasteiger partial charge is 0.213 e. The van der Waals surface area contributed by atoms with Gasteiger partial charge in [-0.2, -0.15) is 0 Å². The number of fused-ring (bicyclic) bond motifs is 1. The molecule has 150 valence electrons. The molecular formula is C21H28N4O2S. The third kappa shape index (κ3) is 5.81. The molecule has 1 heterocycles. The highest BCUT2D eigenvalue weighted by atomic mass is 32.2. The Hall–Kier alpha value is -2.38. The molecule has 0 saturated carbocycles. The normalized spacial score (nSPS) is 14.6. The molecule has 28 heavy (non-hydrogen) atoms. The van der Waals surface area contributed by atoms with Crippen LogP contribution in [0.25, 0.3) is 0 Å². The second kappa shape index (κ2) is 9.71. The van der Waals surface area contributed by atoms with Gasteiger partial charge in [0, 0.05) is 26.2 Å². The molecule has 1 aliphatic heterocycles. The van der Waals surface area contributed by atoms with Crippen LogP contribution in [0.15, 0.2) is 59.6 Å². The lowest BCUT2D eigenvalue weighted by Crippen LogP contribution is -2.44. The summed E-state index contributed by atoms with van der Waals surface area (Å²) in [6.45, 7) is 4.96. The molecule has 0 aromatic heterocycles. The van der Waals surface area contributed by atoms with Gasteiger partial charge in [-0.05, 0) is 30.0 Å². The number of hydrogen-bond acceptors (Lipinski definition) is 3. The predicted octanol–water partition coefficient (Wildman–Crippen LogP) is 2.13. The number of nitrogens with one attached hydrogen (secondary N) is 2. The van der Waals surface area contributed by atoms with Crippen LogP contribution in [0.3, 0.4) is 0 Å². The summed E-state index contributed by atoms with van der Waals surface area (Å²) < 4.78 is 27.2. The van der Waals surface area contributed by atoms with Crippen molar-refractivity contribution in [3.05, 3.63) is 71.3 Å². The van der Waals surface area contributed by atoms with Gasteiger partial charge in [0.1, 0.15) is 0 Å². The standard InChI is InChI=1S/C21H28N4O2S/c1-2-22-21(25-14-12-19-10-6-7-11-20(19)17-25)23-13-15-28(26,27)24-16-18-8-4-3-5-9-18/h3-11,24H,2,12-17H2,1H3,(H,22,23). The molecule has 0 unspecified atom stereocenters. The maximum Gasteiger partial charge on any atom is 0.213 e. The minimum atomic E-state index is -3.37. The quantitative estimate of drug-likeness (QED) is 0.552. The summed E-state index contributed by atoms with van der Waals surface area (Å²) in [6.07, 6.45) is 0.970. The Labute approximate surface area is 167 Å². The van der Waals surface area contributed by atoms with E-state index in [-0.39, 0.29) is 12.3 Å². The monoisotopic (exact) mass is 400 g/mol. The van der Waals surface area contributed by atoms with Gasteiger partial charge < -0.3 is 10.2 Å². The molecule has 2 aromatic rings. The highest BCUT2D eigenvalue weighted by molar-refractivity contribution is 7.89. The number of benzene rings is 2. The maximum atomic E-state index is 12.3. The molecule has 0 spiro atoms. The van der Waals surface area contributed by atoms with Gasteiger partial charge in [0.25, 0.3) is 0 Å². The first-order valence-corrected chi connectivity index (χ1v) is 11.3. The molecule has 3 rings (SSSR count). The number of rotatable bonds is 7. The van der Waals surface area contributed by atoms with E-state index in [0.717, 1.165) is 37.6 Å². The van der Waals surface area contributed by atoms with Crippen LogP contribution in [0.5, 0.6) is 0 Å². The topological polar surface area (TPSA) is 73.8 Å². The molecule has 0 amide bonds. The maximum absolute atomic E-state index is 12.3. The van der Waals surface area contributed by atoms with Gasteiger partial charge in [-0.25, -0.2) is 13.1 Å². The molecule has 0 radical (unpaired) electrons. The van der Waals surface area contributed by atoms with Crippen molar-refractivity contribution in [3.63, 3.8) is 0 Å². The van der Waals surface area contributed by atoms with Gasteiger partial charge in [0.15, 0.2) is 5.96 Å². The number of nitrogens with zero attached hydrogens (tertiary/aromatic N) is 2. The van der Waals surface area contributed by atoms with Crippen molar-refractivity contribution < 1.29 is 8.42 Å². The minimum Gasteiger partial charge on any atom is -0.357 e. The summed E-state index contributed by atoms with van der Waals surface area (Å²) in [6, 6.07) is 17.9. The van der Waals surface area contributed by atoms with Gasteiger partial charge in [-0.1, -0.05) is 54.6 Å². The second-order valence-corrected chi connectivity index (χ2v) is 8.73. The first-order valence-electron chi connectivity index (χ1n) is 9.68. The Morgan fingerprint density at radius 3 is 2.54 bits per heavy atom. The van der Waals surface area contributed by atoms with Crippen molar-refractivity contribution in [2.45, 2.75) is 26.4 Å². The highest BCUT2D eigenvalue weighted by Crippen LogP contribution is 2.18. The van der Waals surface area contributed by atoms with E-state index in [1.165, 1.54) is 11.1 Å². The van der Waals surface area contributed by atoms with Crippen LogP contribution in [-0.4, -0.2) is 44.7 Å². The lowest BCUT2D eigenvalue weighted by atomic mass is 10.0. The summed E-state index contributed by atoms with van der Waals surface area (Å²) in [7, 11) is -3.37. The first kappa shape index (κ1) is 20.4. The van der Waals surface area contributed by atoms with E-state index in [0.29, 0.717) is 6.54 Å². The van der Waals surface area contributed by atoms with Gasteiger partial charge in [0.2, 0.25) is 10.0 Å². The fourth-order valence-electron chi connectivity index (χ4n) is 3.24. The number of guanidine groups is 1. The molecule has 1 aliphatic rings.